The topological polar surface area (TPSA) is 125 Å². The van der Waals surface area contributed by atoms with Crippen LogP contribution in [0.15, 0.2) is 15.8 Å². The summed E-state index contributed by atoms with van der Waals surface area (Å²) in [4.78, 5) is 24.8. The first kappa shape index (κ1) is 20.8. The van der Waals surface area contributed by atoms with Crippen LogP contribution in [0.3, 0.4) is 0 Å². The van der Waals surface area contributed by atoms with E-state index in [1.807, 2.05) is 0 Å². The largest absolute Gasteiger partial charge is 0.400 e. The molecular weight excluding hydrogens is 268 g/mol. The van der Waals surface area contributed by atoms with E-state index in [9.17, 15) is 9.59 Å². The van der Waals surface area contributed by atoms with Gasteiger partial charge in [0, 0.05) is 18.9 Å². The fourth-order valence-corrected chi connectivity index (χ4v) is 1.31. The van der Waals surface area contributed by atoms with Gasteiger partial charge in [0.15, 0.2) is 6.23 Å². The third-order valence-corrected chi connectivity index (χ3v) is 2.26. The average molecular weight is 292 g/mol. The highest BCUT2D eigenvalue weighted by Crippen LogP contribution is 2.07. The Bertz CT molecular complexity index is 482. The Morgan fingerprint density at radius 1 is 1.30 bits per heavy atom. The van der Waals surface area contributed by atoms with Crippen LogP contribution in [-0.2, 0) is 4.74 Å². The first-order chi connectivity index (χ1) is 8.99. The van der Waals surface area contributed by atoms with E-state index in [1.165, 1.54) is 6.20 Å². The van der Waals surface area contributed by atoms with Gasteiger partial charge in [-0.1, -0.05) is 7.43 Å². The molecule has 0 aliphatic carbocycles. The van der Waals surface area contributed by atoms with Crippen LogP contribution >= 0.6 is 0 Å². The summed E-state index contributed by atoms with van der Waals surface area (Å²) in [5, 5.41) is 25.0. The van der Waals surface area contributed by atoms with Gasteiger partial charge in [-0.2, -0.15) is 0 Å². The molecule has 0 saturated heterocycles. The van der Waals surface area contributed by atoms with Gasteiger partial charge >= 0.3 is 5.69 Å². The summed E-state index contributed by atoms with van der Waals surface area (Å²) in [5.41, 5.74) is -0.800. The lowest BCUT2D eigenvalue weighted by Crippen LogP contribution is -2.37. The van der Waals surface area contributed by atoms with E-state index >= 15 is 0 Å². The lowest BCUT2D eigenvalue weighted by Gasteiger charge is -2.21. The first-order valence-corrected chi connectivity index (χ1v) is 5.63. The molecule has 118 valence electrons. The Hall–Kier alpha value is -1.48. The molecule has 1 aromatic rings. The quantitative estimate of drug-likeness (QED) is 0.550. The Morgan fingerprint density at radius 2 is 1.85 bits per heavy atom. The smallest absolute Gasteiger partial charge is 0.330 e. The van der Waals surface area contributed by atoms with Crippen LogP contribution in [0.4, 0.5) is 0 Å². The van der Waals surface area contributed by atoms with E-state index in [1.54, 1.807) is 13.8 Å². The number of aliphatic hydroxyl groups is 3. The predicted molar refractivity (Wildman–Crippen MR) is 74.7 cm³/mol. The number of aliphatic hydroxyl groups excluding tert-OH is 3. The van der Waals surface area contributed by atoms with Crippen molar-refractivity contribution in [1.29, 1.82) is 0 Å². The molecule has 0 aromatic carbocycles. The van der Waals surface area contributed by atoms with Crippen molar-refractivity contribution in [3.8, 4) is 0 Å². The maximum atomic E-state index is 11.5. The van der Waals surface area contributed by atoms with Crippen LogP contribution in [0.1, 0.15) is 26.1 Å². The Morgan fingerprint density at radius 3 is 2.30 bits per heavy atom. The third-order valence-electron chi connectivity index (χ3n) is 2.26. The molecule has 0 radical (unpaired) electrons. The fraction of sp³-hybridized carbons (Fsp3) is 0.667. The SMILES string of the molecule is C.CO.Cc1cn([C@@H](CO)O[C@@H](C)CO)c(=O)[nH]c1=O. The molecule has 1 heterocycles. The van der Waals surface area contributed by atoms with Crippen molar-refractivity contribution < 1.29 is 20.1 Å². The molecule has 2 atom stereocenters. The first-order valence-electron chi connectivity index (χ1n) is 5.63. The van der Waals surface area contributed by atoms with Gasteiger partial charge in [-0.25, -0.2) is 4.79 Å². The summed E-state index contributed by atoms with van der Waals surface area (Å²) in [6.45, 7) is 2.48. The van der Waals surface area contributed by atoms with Crippen LogP contribution in [0.5, 0.6) is 0 Å². The minimum Gasteiger partial charge on any atom is -0.400 e. The summed E-state index contributed by atoms with van der Waals surface area (Å²) < 4.78 is 6.34. The number of nitrogens with zero attached hydrogens (tertiary/aromatic N) is 1. The van der Waals surface area contributed by atoms with Gasteiger partial charge in [0.25, 0.3) is 5.56 Å². The molecule has 0 unspecified atom stereocenters. The number of aromatic amines is 1. The number of rotatable bonds is 5. The van der Waals surface area contributed by atoms with Gasteiger partial charge in [0.2, 0.25) is 0 Å². The summed E-state index contributed by atoms with van der Waals surface area (Å²) in [6, 6.07) is 0. The maximum absolute atomic E-state index is 11.5. The van der Waals surface area contributed by atoms with E-state index in [2.05, 4.69) is 4.98 Å². The van der Waals surface area contributed by atoms with Gasteiger partial charge in [-0.15, -0.1) is 0 Å². The van der Waals surface area contributed by atoms with Crippen molar-refractivity contribution in [3.05, 3.63) is 32.6 Å². The molecule has 0 aliphatic rings. The summed E-state index contributed by atoms with van der Waals surface area (Å²) >= 11 is 0. The third kappa shape index (κ3) is 5.66. The van der Waals surface area contributed by atoms with E-state index in [4.69, 9.17) is 20.1 Å². The van der Waals surface area contributed by atoms with Crippen molar-refractivity contribution in [3.63, 3.8) is 0 Å². The summed E-state index contributed by atoms with van der Waals surface area (Å²) in [7, 11) is 1.00. The second-order valence-corrected chi connectivity index (χ2v) is 3.75. The molecule has 0 aliphatic heterocycles. The highest BCUT2D eigenvalue weighted by atomic mass is 16.5. The molecule has 8 nitrogen and oxygen atoms in total. The fourth-order valence-electron chi connectivity index (χ4n) is 1.31. The molecular formula is C12H24N2O6. The van der Waals surface area contributed by atoms with Gasteiger partial charge in [0.1, 0.15) is 0 Å². The minimum atomic E-state index is -0.930. The van der Waals surface area contributed by atoms with Crippen molar-refractivity contribution in [2.75, 3.05) is 20.3 Å². The number of hydrogen-bond acceptors (Lipinski definition) is 6. The van der Waals surface area contributed by atoms with Gasteiger partial charge in [-0.05, 0) is 13.8 Å². The minimum absolute atomic E-state index is 0. The van der Waals surface area contributed by atoms with E-state index in [0.29, 0.717) is 5.56 Å². The number of nitrogens with one attached hydrogen (secondary N) is 1. The number of aryl methyl sites for hydroxylation is 1. The molecule has 8 heteroatoms. The zero-order valence-electron chi connectivity index (χ0n) is 11.2. The standard InChI is InChI=1S/C10H16N2O5.CH4O.CH4/c1-6-3-12(10(16)11-9(6)15)8(5-14)17-7(2)4-13;1-2;/h3,7-8,13-14H,4-5H2,1-2H3,(H,11,15,16);2H,1H3;1H4/t7-,8+;;/m0../s1. The van der Waals surface area contributed by atoms with Crippen molar-refractivity contribution in [1.82, 2.24) is 9.55 Å². The van der Waals surface area contributed by atoms with Gasteiger partial charge in [-0.3, -0.25) is 14.3 Å². The van der Waals surface area contributed by atoms with Crippen LogP contribution in [0, 0.1) is 6.92 Å². The van der Waals surface area contributed by atoms with Crippen LogP contribution in [0.25, 0.3) is 0 Å². The Balaban J connectivity index is 0. The van der Waals surface area contributed by atoms with Gasteiger partial charge in [0.05, 0.1) is 19.3 Å². The molecule has 0 bridgehead atoms. The lowest BCUT2D eigenvalue weighted by atomic mass is 10.4. The number of H-pyrrole nitrogens is 1. The zero-order valence-corrected chi connectivity index (χ0v) is 11.2. The molecule has 1 aromatic heterocycles. The Kier molecular flexibility index (Phi) is 10.8. The highest BCUT2D eigenvalue weighted by molar-refractivity contribution is 5.01. The molecule has 0 saturated carbocycles. The Labute approximate surface area is 117 Å². The highest BCUT2D eigenvalue weighted by Gasteiger charge is 2.16. The number of aromatic nitrogens is 2. The molecule has 0 amide bonds. The summed E-state index contributed by atoms with van der Waals surface area (Å²) in [5.74, 6) is 0. The normalized spacial score (nSPS) is 12.7. The summed E-state index contributed by atoms with van der Waals surface area (Å²) in [6.07, 6.45) is -0.141. The second-order valence-electron chi connectivity index (χ2n) is 3.75. The lowest BCUT2D eigenvalue weighted by molar-refractivity contribution is -0.0909. The average Bonchev–Trinajstić information content (AvgIpc) is 2.42. The van der Waals surface area contributed by atoms with E-state index in [-0.39, 0.29) is 14.0 Å². The number of hydrogen-bond donors (Lipinski definition) is 4. The molecule has 1 rings (SSSR count). The molecule has 0 fully saturated rings. The van der Waals surface area contributed by atoms with Crippen molar-refractivity contribution >= 4 is 0 Å². The van der Waals surface area contributed by atoms with Crippen LogP contribution in [0.2, 0.25) is 0 Å². The molecule has 20 heavy (non-hydrogen) atoms. The van der Waals surface area contributed by atoms with Crippen LogP contribution in [-0.4, -0.2) is 51.3 Å². The molecule has 4 N–H and O–H groups in total. The van der Waals surface area contributed by atoms with Gasteiger partial charge < -0.3 is 20.1 Å². The maximum Gasteiger partial charge on any atom is 0.330 e. The monoisotopic (exact) mass is 292 g/mol. The van der Waals surface area contributed by atoms with E-state index in [0.717, 1.165) is 11.7 Å². The zero-order chi connectivity index (χ0) is 15.0. The van der Waals surface area contributed by atoms with Crippen LogP contribution < -0.4 is 11.2 Å². The number of ether oxygens (including phenoxy) is 1. The van der Waals surface area contributed by atoms with Crippen molar-refractivity contribution in [2.45, 2.75) is 33.6 Å². The molecule has 0 spiro atoms. The van der Waals surface area contributed by atoms with Crippen molar-refractivity contribution in [2.24, 2.45) is 0 Å². The van der Waals surface area contributed by atoms with E-state index < -0.39 is 30.2 Å². The predicted octanol–water partition coefficient (Wildman–Crippen LogP) is -1.02. The second kappa shape index (κ2) is 10.3.